The second-order valence-electron chi connectivity index (χ2n) is 5.47. The molecule has 1 amide bonds. The van der Waals surface area contributed by atoms with Crippen molar-refractivity contribution in [2.24, 2.45) is 5.73 Å². The molecule has 1 aromatic heterocycles. The largest absolute Gasteiger partial charge is 0.772 e. The van der Waals surface area contributed by atoms with Crippen molar-refractivity contribution < 1.29 is 17.9 Å². The number of amides is 1. The van der Waals surface area contributed by atoms with E-state index in [2.05, 4.69) is 10.3 Å². The van der Waals surface area contributed by atoms with Crippen LogP contribution in [0, 0.1) is 5.82 Å². The average molecular weight is 393 g/mol. The number of halogens is 2. The topological polar surface area (TPSA) is 108 Å². The van der Waals surface area contributed by atoms with Crippen molar-refractivity contribution in [2.75, 3.05) is 5.32 Å². The molecule has 0 spiro atoms. The van der Waals surface area contributed by atoms with Crippen LogP contribution in [0.5, 0.6) is 0 Å². The number of primary amides is 1. The molecule has 0 saturated carbocycles. The van der Waals surface area contributed by atoms with Gasteiger partial charge in [0.2, 0.25) is 0 Å². The minimum Gasteiger partial charge on any atom is -0.772 e. The number of nitrogens with two attached hydrogens (primary N) is 1. The first kappa shape index (κ1) is 18.2. The molecule has 0 aliphatic rings. The van der Waals surface area contributed by atoms with Crippen molar-refractivity contribution in [3.05, 3.63) is 64.6 Å². The highest BCUT2D eigenvalue weighted by atomic mass is 35.5. The number of fused-ring (bicyclic) bond motifs is 1. The lowest BCUT2D eigenvalue weighted by Gasteiger charge is -2.15. The third-order valence-corrected chi connectivity index (χ3v) is 4.49. The van der Waals surface area contributed by atoms with Gasteiger partial charge in [-0.2, -0.15) is 0 Å². The summed E-state index contributed by atoms with van der Waals surface area (Å²) in [5.41, 5.74) is 6.92. The summed E-state index contributed by atoms with van der Waals surface area (Å²) in [5.74, 6) is -1.46. The Hall–Kier alpha value is -2.55. The van der Waals surface area contributed by atoms with E-state index >= 15 is 0 Å². The number of anilines is 2. The maximum atomic E-state index is 13.5. The van der Waals surface area contributed by atoms with Crippen LogP contribution in [-0.4, -0.2) is 19.7 Å². The third kappa shape index (κ3) is 3.82. The Morgan fingerprint density at radius 3 is 2.77 bits per heavy atom. The third-order valence-electron chi connectivity index (χ3n) is 3.63. The Balaban J connectivity index is 2.24. The molecule has 6 nitrogen and oxygen atoms in total. The number of nitrogens with zero attached hydrogens (tertiary/aromatic N) is 1. The molecule has 3 aromatic rings. The van der Waals surface area contributed by atoms with E-state index in [-0.39, 0.29) is 22.0 Å². The molecule has 0 fully saturated rings. The van der Waals surface area contributed by atoms with Crippen molar-refractivity contribution in [3.63, 3.8) is 0 Å². The van der Waals surface area contributed by atoms with E-state index in [4.69, 9.17) is 17.3 Å². The standard InChI is InChI=1S/C17H13ClFN3O3S/c18-14-5-9(8-26(24)25)4-12-15(13(17(20)23)7-21-16(12)14)22-11-3-1-2-10(19)6-11/h1-7H,8H2,(H2,20,23)(H,21,22)(H,24,25)/p-1. The second kappa shape index (κ2) is 7.36. The molecular formula is C17H12ClFN3O3S-. The molecule has 3 rings (SSSR count). The molecule has 1 heterocycles. The van der Waals surface area contributed by atoms with Crippen molar-refractivity contribution in [1.82, 2.24) is 4.98 Å². The summed E-state index contributed by atoms with van der Waals surface area (Å²) >= 11 is 3.89. The summed E-state index contributed by atoms with van der Waals surface area (Å²) in [6.45, 7) is 0. The van der Waals surface area contributed by atoms with Gasteiger partial charge in [-0.05, 0) is 35.9 Å². The van der Waals surface area contributed by atoms with Gasteiger partial charge in [0.15, 0.2) is 0 Å². The van der Waals surface area contributed by atoms with Gasteiger partial charge in [0, 0.05) is 23.0 Å². The predicted octanol–water partition coefficient (Wildman–Crippen LogP) is 3.25. The zero-order valence-electron chi connectivity index (χ0n) is 13.2. The van der Waals surface area contributed by atoms with E-state index in [1.165, 1.54) is 30.5 Å². The van der Waals surface area contributed by atoms with E-state index in [0.717, 1.165) is 0 Å². The Bertz CT molecular complexity index is 1050. The highest BCUT2D eigenvalue weighted by Crippen LogP contribution is 2.34. The summed E-state index contributed by atoms with van der Waals surface area (Å²) in [7, 11) is 0. The second-order valence-corrected chi connectivity index (χ2v) is 6.77. The number of hydrogen-bond acceptors (Lipinski definition) is 5. The monoisotopic (exact) mass is 392 g/mol. The smallest absolute Gasteiger partial charge is 0.252 e. The van der Waals surface area contributed by atoms with Gasteiger partial charge >= 0.3 is 0 Å². The van der Waals surface area contributed by atoms with Crippen LogP contribution in [0.3, 0.4) is 0 Å². The lowest BCUT2D eigenvalue weighted by Crippen LogP contribution is -2.14. The Labute approximate surface area is 155 Å². The van der Waals surface area contributed by atoms with E-state index < -0.39 is 22.8 Å². The molecule has 0 saturated heterocycles. The van der Waals surface area contributed by atoms with Crippen molar-refractivity contribution in [2.45, 2.75) is 5.75 Å². The number of aromatic nitrogens is 1. The van der Waals surface area contributed by atoms with Gasteiger partial charge in [-0.3, -0.25) is 14.0 Å². The fraction of sp³-hybridized carbons (Fsp3) is 0.0588. The molecule has 0 aliphatic carbocycles. The van der Waals surface area contributed by atoms with Crippen LogP contribution in [-0.2, 0) is 16.8 Å². The van der Waals surface area contributed by atoms with Gasteiger partial charge in [0.1, 0.15) is 5.82 Å². The van der Waals surface area contributed by atoms with E-state index in [1.54, 1.807) is 12.1 Å². The minimum atomic E-state index is -2.32. The maximum absolute atomic E-state index is 13.5. The quantitative estimate of drug-likeness (QED) is 0.648. The SMILES string of the molecule is NC(=O)c1cnc2c(Cl)cc(CS(=O)[O-])cc2c1Nc1cccc(F)c1. The van der Waals surface area contributed by atoms with Crippen LogP contribution in [0.15, 0.2) is 42.6 Å². The number of carbonyl (C=O) groups excluding carboxylic acids is 1. The first-order valence-corrected chi connectivity index (χ1v) is 8.96. The van der Waals surface area contributed by atoms with Crippen LogP contribution in [0.4, 0.5) is 15.8 Å². The molecule has 1 unspecified atom stereocenters. The Morgan fingerprint density at radius 2 is 2.12 bits per heavy atom. The van der Waals surface area contributed by atoms with Crippen LogP contribution in [0.1, 0.15) is 15.9 Å². The van der Waals surface area contributed by atoms with Crippen LogP contribution >= 0.6 is 11.6 Å². The number of benzene rings is 2. The van der Waals surface area contributed by atoms with Crippen molar-refractivity contribution >= 4 is 50.9 Å². The molecule has 2 aromatic carbocycles. The number of nitrogens with one attached hydrogen (secondary N) is 1. The fourth-order valence-electron chi connectivity index (χ4n) is 2.57. The normalized spacial score (nSPS) is 12.1. The van der Waals surface area contributed by atoms with Gasteiger partial charge in [-0.1, -0.05) is 28.7 Å². The molecular weight excluding hydrogens is 381 g/mol. The minimum absolute atomic E-state index is 0.0678. The van der Waals surface area contributed by atoms with E-state index in [1.807, 2.05) is 0 Å². The van der Waals surface area contributed by atoms with Gasteiger partial charge < -0.3 is 15.6 Å². The summed E-state index contributed by atoms with van der Waals surface area (Å²) in [6, 6.07) is 8.68. The lowest BCUT2D eigenvalue weighted by atomic mass is 10.1. The number of pyridine rings is 1. The number of hydrogen-bond donors (Lipinski definition) is 2. The summed E-state index contributed by atoms with van der Waals surface area (Å²) in [6.07, 6.45) is 1.27. The van der Waals surface area contributed by atoms with Gasteiger partial charge in [-0.25, -0.2) is 4.39 Å². The highest BCUT2D eigenvalue weighted by Gasteiger charge is 2.16. The molecule has 0 bridgehead atoms. The Kier molecular flexibility index (Phi) is 5.17. The first-order valence-electron chi connectivity index (χ1n) is 7.34. The highest BCUT2D eigenvalue weighted by molar-refractivity contribution is 7.78. The molecule has 1 atom stereocenters. The molecule has 134 valence electrons. The van der Waals surface area contributed by atoms with Crippen molar-refractivity contribution in [1.29, 1.82) is 0 Å². The Morgan fingerprint density at radius 1 is 1.35 bits per heavy atom. The number of rotatable bonds is 5. The zero-order chi connectivity index (χ0) is 18.8. The first-order chi connectivity index (χ1) is 12.3. The van der Waals surface area contributed by atoms with Crippen LogP contribution in [0.2, 0.25) is 5.02 Å². The van der Waals surface area contributed by atoms with Crippen LogP contribution in [0.25, 0.3) is 10.9 Å². The predicted molar refractivity (Wildman–Crippen MR) is 97.6 cm³/mol. The number of carbonyl (C=O) groups is 1. The van der Waals surface area contributed by atoms with Crippen molar-refractivity contribution in [3.8, 4) is 0 Å². The van der Waals surface area contributed by atoms with E-state index in [0.29, 0.717) is 22.2 Å². The molecule has 0 radical (unpaired) electrons. The molecule has 0 aliphatic heterocycles. The fourth-order valence-corrected chi connectivity index (χ4v) is 3.30. The van der Waals surface area contributed by atoms with Gasteiger partial charge in [0.25, 0.3) is 5.91 Å². The van der Waals surface area contributed by atoms with Gasteiger partial charge in [-0.15, -0.1) is 0 Å². The molecule has 9 heteroatoms. The average Bonchev–Trinajstić information content (AvgIpc) is 2.54. The van der Waals surface area contributed by atoms with E-state index in [9.17, 15) is 17.9 Å². The molecule has 26 heavy (non-hydrogen) atoms. The summed E-state index contributed by atoms with van der Waals surface area (Å²) in [4.78, 5) is 15.9. The molecule has 3 N–H and O–H groups in total. The summed E-state index contributed by atoms with van der Waals surface area (Å²) in [5, 5.41) is 3.58. The van der Waals surface area contributed by atoms with Gasteiger partial charge in [0.05, 0.1) is 21.8 Å². The van der Waals surface area contributed by atoms with Crippen LogP contribution < -0.4 is 11.1 Å². The summed E-state index contributed by atoms with van der Waals surface area (Å²) < 4.78 is 35.5. The zero-order valence-corrected chi connectivity index (χ0v) is 14.7. The maximum Gasteiger partial charge on any atom is 0.252 e. The lowest BCUT2D eigenvalue weighted by molar-refractivity contribution is 0.100.